The van der Waals surface area contributed by atoms with E-state index in [-0.39, 0.29) is 17.2 Å². The number of nitrogens with zero attached hydrogens (tertiary/aromatic N) is 4. The smallest absolute Gasteiger partial charge is 0.214 e. The van der Waals surface area contributed by atoms with Crippen LogP contribution in [0.15, 0.2) is 12.4 Å². The number of nitrogens with one attached hydrogen (secondary N) is 2. The number of aromatic nitrogens is 5. The van der Waals surface area contributed by atoms with Crippen molar-refractivity contribution in [2.75, 3.05) is 0 Å². The summed E-state index contributed by atoms with van der Waals surface area (Å²) >= 11 is 0. The highest BCUT2D eigenvalue weighted by Crippen LogP contribution is 2.42. The van der Waals surface area contributed by atoms with E-state index in [2.05, 4.69) is 36.2 Å². The van der Waals surface area contributed by atoms with Crippen molar-refractivity contribution in [1.29, 1.82) is 0 Å². The first-order chi connectivity index (χ1) is 13.0. The van der Waals surface area contributed by atoms with Crippen molar-refractivity contribution >= 4 is 26.8 Å². The molecule has 2 aliphatic carbocycles. The van der Waals surface area contributed by atoms with Gasteiger partial charge in [0.1, 0.15) is 5.82 Å². The average Bonchev–Trinajstić information content (AvgIpc) is 3.17. The van der Waals surface area contributed by atoms with E-state index < -0.39 is 10.0 Å². The molecule has 3 aromatic rings. The van der Waals surface area contributed by atoms with Gasteiger partial charge in [-0.05, 0) is 44.1 Å². The van der Waals surface area contributed by atoms with E-state index in [1.165, 1.54) is 0 Å². The van der Waals surface area contributed by atoms with Gasteiger partial charge in [0.15, 0.2) is 11.3 Å². The van der Waals surface area contributed by atoms with Gasteiger partial charge >= 0.3 is 0 Å². The number of hydrogen-bond acceptors (Lipinski definition) is 5. The highest BCUT2D eigenvalue weighted by atomic mass is 32.2. The molecular formula is C18H24N6O2S. The normalized spacial score (nSPS) is 26.4. The van der Waals surface area contributed by atoms with Crippen LogP contribution in [-0.2, 0) is 10.0 Å². The first-order valence-corrected chi connectivity index (χ1v) is 11.2. The van der Waals surface area contributed by atoms with Gasteiger partial charge in [0.25, 0.3) is 0 Å². The van der Waals surface area contributed by atoms with Crippen molar-refractivity contribution in [3.8, 4) is 0 Å². The van der Waals surface area contributed by atoms with E-state index in [0.29, 0.717) is 5.92 Å². The summed E-state index contributed by atoms with van der Waals surface area (Å²) in [6.07, 6.45) is 7.85. The van der Waals surface area contributed by atoms with Crippen molar-refractivity contribution in [1.82, 2.24) is 29.3 Å². The summed E-state index contributed by atoms with van der Waals surface area (Å²) in [4.78, 5) is 7.62. The standard InChI is InChI=1S/C18H24N6O2S/c1-3-11-6-12(23-27(25,26)13-4-5-13)7-14(11)18-22-21-15-9-20-17-16(24(15)18)10(2)8-19-17/h8-9,11-14,19,23H,3-7H2,1-2H3/t11-,12?,14+/m1/s1. The summed E-state index contributed by atoms with van der Waals surface area (Å²) in [6.45, 7) is 4.21. The van der Waals surface area contributed by atoms with Gasteiger partial charge < -0.3 is 4.98 Å². The molecule has 5 rings (SSSR count). The summed E-state index contributed by atoms with van der Waals surface area (Å²) in [5, 5.41) is 8.66. The lowest BCUT2D eigenvalue weighted by Crippen LogP contribution is -2.35. The summed E-state index contributed by atoms with van der Waals surface area (Å²) in [7, 11) is -3.18. The molecule has 2 aliphatic rings. The molecule has 2 N–H and O–H groups in total. The largest absolute Gasteiger partial charge is 0.345 e. The minimum Gasteiger partial charge on any atom is -0.345 e. The Morgan fingerprint density at radius 2 is 2.11 bits per heavy atom. The zero-order valence-electron chi connectivity index (χ0n) is 15.5. The molecule has 0 aromatic carbocycles. The number of fused-ring (bicyclic) bond motifs is 3. The van der Waals surface area contributed by atoms with Gasteiger partial charge in [0.2, 0.25) is 10.0 Å². The maximum atomic E-state index is 12.4. The molecule has 0 aliphatic heterocycles. The van der Waals surface area contributed by atoms with E-state index in [4.69, 9.17) is 0 Å². The molecular weight excluding hydrogens is 364 g/mol. The molecule has 0 saturated heterocycles. The Labute approximate surface area is 157 Å². The van der Waals surface area contributed by atoms with E-state index >= 15 is 0 Å². The van der Waals surface area contributed by atoms with E-state index in [0.717, 1.165) is 60.3 Å². The minimum atomic E-state index is -3.18. The van der Waals surface area contributed by atoms with Crippen LogP contribution in [0.25, 0.3) is 16.8 Å². The number of aryl methyl sites for hydroxylation is 1. The fourth-order valence-corrected chi connectivity index (χ4v) is 6.17. The number of H-pyrrole nitrogens is 1. The summed E-state index contributed by atoms with van der Waals surface area (Å²) < 4.78 is 29.8. The highest BCUT2D eigenvalue weighted by molar-refractivity contribution is 7.90. The van der Waals surface area contributed by atoms with E-state index in [1.54, 1.807) is 6.20 Å². The zero-order chi connectivity index (χ0) is 18.8. The zero-order valence-corrected chi connectivity index (χ0v) is 16.3. The third-order valence-electron chi connectivity index (χ3n) is 6.11. The third kappa shape index (κ3) is 2.75. The highest BCUT2D eigenvalue weighted by Gasteiger charge is 2.42. The molecule has 8 nitrogen and oxygen atoms in total. The summed E-state index contributed by atoms with van der Waals surface area (Å²) in [5.74, 6) is 1.48. The van der Waals surface area contributed by atoms with Crippen molar-refractivity contribution < 1.29 is 8.42 Å². The molecule has 9 heteroatoms. The van der Waals surface area contributed by atoms with Gasteiger partial charge in [-0.15, -0.1) is 10.2 Å². The Balaban J connectivity index is 1.53. The quantitative estimate of drug-likeness (QED) is 0.697. The van der Waals surface area contributed by atoms with Crippen molar-refractivity contribution in [3.05, 3.63) is 23.8 Å². The molecule has 0 bridgehead atoms. The number of aromatic amines is 1. The van der Waals surface area contributed by atoms with E-state index in [9.17, 15) is 8.42 Å². The van der Waals surface area contributed by atoms with Gasteiger partial charge in [-0.1, -0.05) is 13.3 Å². The van der Waals surface area contributed by atoms with Gasteiger partial charge in [0, 0.05) is 18.2 Å². The van der Waals surface area contributed by atoms with Gasteiger partial charge in [-0.2, -0.15) is 0 Å². The van der Waals surface area contributed by atoms with Crippen LogP contribution in [0.5, 0.6) is 0 Å². The lowest BCUT2D eigenvalue weighted by atomic mass is 9.93. The van der Waals surface area contributed by atoms with Crippen LogP contribution in [0.3, 0.4) is 0 Å². The van der Waals surface area contributed by atoms with Crippen LogP contribution in [0.4, 0.5) is 0 Å². The summed E-state index contributed by atoms with van der Waals surface area (Å²) in [5.41, 5.74) is 3.65. The minimum absolute atomic E-state index is 0.0254. The van der Waals surface area contributed by atoms with Crippen LogP contribution in [0, 0.1) is 12.8 Å². The molecule has 3 atom stereocenters. The second kappa shape index (κ2) is 6.00. The molecule has 0 radical (unpaired) electrons. The maximum Gasteiger partial charge on any atom is 0.214 e. The van der Waals surface area contributed by atoms with Crippen LogP contribution in [0.1, 0.15) is 56.3 Å². The first kappa shape index (κ1) is 17.1. The summed E-state index contributed by atoms with van der Waals surface area (Å²) in [6, 6.07) is -0.0254. The molecule has 3 aromatic heterocycles. The number of sulfonamides is 1. The third-order valence-corrected chi connectivity index (χ3v) is 8.12. The van der Waals surface area contributed by atoms with Crippen LogP contribution < -0.4 is 4.72 Å². The Bertz CT molecular complexity index is 1110. The predicted molar refractivity (Wildman–Crippen MR) is 102 cm³/mol. The predicted octanol–water partition coefficient (Wildman–Crippen LogP) is 2.27. The van der Waals surface area contributed by atoms with Crippen LogP contribution in [-0.4, -0.2) is 44.3 Å². The molecule has 2 saturated carbocycles. The van der Waals surface area contributed by atoms with Gasteiger partial charge in [-0.25, -0.2) is 18.1 Å². The van der Waals surface area contributed by atoms with E-state index in [1.807, 2.05) is 13.1 Å². The molecule has 144 valence electrons. The molecule has 27 heavy (non-hydrogen) atoms. The maximum absolute atomic E-state index is 12.4. The Morgan fingerprint density at radius 3 is 2.85 bits per heavy atom. The second-order valence-corrected chi connectivity index (χ2v) is 9.98. The average molecular weight is 388 g/mol. The first-order valence-electron chi connectivity index (χ1n) is 9.66. The monoisotopic (exact) mass is 388 g/mol. The van der Waals surface area contributed by atoms with Crippen LogP contribution in [0.2, 0.25) is 0 Å². The lowest BCUT2D eigenvalue weighted by molar-refractivity contribution is 0.449. The van der Waals surface area contributed by atoms with Crippen molar-refractivity contribution in [2.24, 2.45) is 5.92 Å². The Hall–Kier alpha value is -2.00. The number of hydrogen-bond donors (Lipinski definition) is 2. The Morgan fingerprint density at radius 1 is 1.30 bits per heavy atom. The molecule has 0 spiro atoms. The van der Waals surface area contributed by atoms with Gasteiger partial charge in [0.05, 0.1) is 17.0 Å². The van der Waals surface area contributed by atoms with Crippen molar-refractivity contribution in [3.63, 3.8) is 0 Å². The topological polar surface area (TPSA) is 105 Å². The number of rotatable bonds is 5. The molecule has 2 fully saturated rings. The Kier molecular flexibility index (Phi) is 3.80. The molecule has 1 unspecified atom stereocenters. The molecule has 0 amide bonds. The van der Waals surface area contributed by atoms with Crippen molar-refractivity contribution in [2.45, 2.75) is 63.2 Å². The fourth-order valence-electron chi connectivity index (χ4n) is 4.56. The SMILES string of the molecule is CC[C@@H]1CC(NS(=O)(=O)C2CC2)C[C@@H]1c1nnc2cnc3[nH]cc(C)c3n12. The molecule has 3 heterocycles. The second-order valence-electron chi connectivity index (χ2n) is 7.98. The van der Waals surface area contributed by atoms with Crippen LogP contribution >= 0.6 is 0 Å². The van der Waals surface area contributed by atoms with Gasteiger partial charge in [-0.3, -0.25) is 4.40 Å². The fraction of sp³-hybridized carbons (Fsp3) is 0.611. The lowest BCUT2D eigenvalue weighted by Gasteiger charge is -2.16.